The summed E-state index contributed by atoms with van der Waals surface area (Å²) in [6, 6.07) is 15.3. The van der Waals surface area contributed by atoms with E-state index in [1.54, 1.807) is 24.3 Å². The summed E-state index contributed by atoms with van der Waals surface area (Å²) in [5, 5.41) is 10.7. The lowest BCUT2D eigenvalue weighted by Crippen LogP contribution is -2.31. The van der Waals surface area contributed by atoms with Crippen LogP contribution >= 0.6 is 0 Å². The van der Waals surface area contributed by atoms with Crippen molar-refractivity contribution in [2.45, 2.75) is 26.3 Å². The maximum Gasteiger partial charge on any atom is 0.261 e. The molecule has 1 aromatic heterocycles. The number of benzene rings is 2. The summed E-state index contributed by atoms with van der Waals surface area (Å²) in [6.07, 6.45) is 3.50. The first-order chi connectivity index (χ1) is 14.1. The first-order valence-corrected chi connectivity index (χ1v) is 9.90. The van der Waals surface area contributed by atoms with Crippen LogP contribution in [0, 0.1) is 6.92 Å². The minimum Gasteiger partial charge on any atom is -0.313 e. The Labute approximate surface area is 169 Å². The smallest absolute Gasteiger partial charge is 0.261 e. The van der Waals surface area contributed by atoms with Crippen molar-refractivity contribution in [1.29, 1.82) is 0 Å². The predicted molar refractivity (Wildman–Crippen MR) is 112 cm³/mol. The highest BCUT2D eigenvalue weighted by Crippen LogP contribution is 2.23. The van der Waals surface area contributed by atoms with E-state index in [9.17, 15) is 9.59 Å². The fourth-order valence-electron chi connectivity index (χ4n) is 3.68. The molecule has 1 aliphatic heterocycles. The maximum absolute atomic E-state index is 12.4. The van der Waals surface area contributed by atoms with Gasteiger partial charge < -0.3 is 5.32 Å². The quantitative estimate of drug-likeness (QED) is 0.457. The number of hydrogen-bond donors (Lipinski definition) is 2. The number of nitrogens with one attached hydrogen (secondary N) is 2. The Morgan fingerprint density at radius 1 is 1.00 bits per heavy atom. The van der Waals surface area contributed by atoms with Gasteiger partial charge in [-0.25, -0.2) is 0 Å². The van der Waals surface area contributed by atoms with E-state index in [0.29, 0.717) is 24.2 Å². The number of H-pyrrole nitrogens is 1. The maximum atomic E-state index is 12.4. The summed E-state index contributed by atoms with van der Waals surface area (Å²) in [4.78, 5) is 26.1. The summed E-state index contributed by atoms with van der Waals surface area (Å²) in [5.41, 5.74) is 5.52. The largest absolute Gasteiger partial charge is 0.313 e. The Bertz CT molecular complexity index is 1010. The monoisotopic (exact) mass is 388 g/mol. The molecule has 0 atom stereocenters. The Morgan fingerprint density at radius 3 is 2.48 bits per heavy atom. The molecule has 2 N–H and O–H groups in total. The standard InChI is InChI=1S/C23H24N4O2/c1-16-7-6-8-17(13-16)21-18(15-25-26-21)14-24-11-4-5-12-27-22(28)19-9-2-3-10-20(19)23(27)29/h2-3,6-10,13,15,24H,4-5,11-12,14H2,1H3,(H,25,26). The van der Waals surface area contributed by atoms with Gasteiger partial charge in [-0.15, -0.1) is 0 Å². The highest BCUT2D eigenvalue weighted by molar-refractivity contribution is 6.21. The van der Waals surface area contributed by atoms with Crippen molar-refractivity contribution < 1.29 is 9.59 Å². The molecule has 0 saturated carbocycles. The third kappa shape index (κ3) is 3.98. The molecule has 148 valence electrons. The molecule has 0 saturated heterocycles. The van der Waals surface area contributed by atoms with Crippen molar-refractivity contribution in [3.8, 4) is 11.3 Å². The number of unbranched alkanes of at least 4 members (excludes halogenated alkanes) is 1. The molecule has 4 rings (SSSR count). The van der Waals surface area contributed by atoms with Gasteiger partial charge in [0.25, 0.3) is 11.8 Å². The first kappa shape index (κ1) is 19.1. The third-order valence-corrected chi connectivity index (χ3v) is 5.20. The van der Waals surface area contributed by atoms with Gasteiger partial charge in [-0.1, -0.05) is 35.9 Å². The van der Waals surface area contributed by atoms with Crippen molar-refractivity contribution in [1.82, 2.24) is 20.4 Å². The number of nitrogens with zero attached hydrogens (tertiary/aromatic N) is 2. The zero-order valence-corrected chi connectivity index (χ0v) is 16.4. The fraction of sp³-hybridized carbons (Fsp3) is 0.261. The van der Waals surface area contributed by atoms with E-state index in [2.05, 4.69) is 40.6 Å². The highest BCUT2D eigenvalue weighted by Gasteiger charge is 2.34. The number of aromatic amines is 1. The van der Waals surface area contributed by atoms with E-state index in [4.69, 9.17) is 0 Å². The van der Waals surface area contributed by atoms with E-state index in [1.807, 2.05) is 12.3 Å². The number of carbonyl (C=O) groups is 2. The second-order valence-corrected chi connectivity index (χ2v) is 7.33. The summed E-state index contributed by atoms with van der Waals surface area (Å²) < 4.78 is 0. The second-order valence-electron chi connectivity index (χ2n) is 7.33. The Kier molecular flexibility index (Phi) is 5.53. The van der Waals surface area contributed by atoms with Crippen LogP contribution in [-0.4, -0.2) is 40.0 Å². The van der Waals surface area contributed by atoms with Gasteiger partial charge in [0, 0.05) is 24.2 Å². The lowest BCUT2D eigenvalue weighted by atomic mass is 10.1. The molecule has 0 fully saturated rings. The number of fused-ring (bicyclic) bond motifs is 1. The van der Waals surface area contributed by atoms with Crippen LogP contribution in [0.15, 0.2) is 54.7 Å². The molecule has 0 unspecified atom stereocenters. The van der Waals surface area contributed by atoms with E-state index in [1.165, 1.54) is 10.5 Å². The van der Waals surface area contributed by atoms with Crippen molar-refractivity contribution in [2.24, 2.45) is 0 Å². The number of carbonyl (C=O) groups excluding carboxylic acids is 2. The summed E-state index contributed by atoms with van der Waals surface area (Å²) in [5.74, 6) is -0.362. The molecule has 3 aromatic rings. The Morgan fingerprint density at radius 2 is 1.76 bits per heavy atom. The number of amides is 2. The summed E-state index contributed by atoms with van der Waals surface area (Å²) in [7, 11) is 0. The average Bonchev–Trinajstić information content (AvgIpc) is 3.29. The van der Waals surface area contributed by atoms with Crippen LogP contribution in [0.25, 0.3) is 11.3 Å². The normalized spacial score (nSPS) is 13.2. The SMILES string of the molecule is Cc1cccc(-c2[nH]ncc2CNCCCCN2C(=O)c3ccccc3C2=O)c1. The van der Waals surface area contributed by atoms with Crippen LogP contribution < -0.4 is 5.32 Å². The summed E-state index contributed by atoms with van der Waals surface area (Å²) in [6.45, 7) is 4.05. The molecule has 29 heavy (non-hydrogen) atoms. The second kappa shape index (κ2) is 8.41. The van der Waals surface area contributed by atoms with Crippen molar-refractivity contribution in [3.63, 3.8) is 0 Å². The Balaban J connectivity index is 1.23. The van der Waals surface area contributed by atoms with Gasteiger partial charge in [0.2, 0.25) is 0 Å². The fourth-order valence-corrected chi connectivity index (χ4v) is 3.68. The Hall–Kier alpha value is -3.25. The van der Waals surface area contributed by atoms with Crippen molar-refractivity contribution in [2.75, 3.05) is 13.1 Å². The van der Waals surface area contributed by atoms with E-state index in [0.717, 1.165) is 36.2 Å². The topological polar surface area (TPSA) is 78.1 Å². The molecule has 6 heteroatoms. The lowest BCUT2D eigenvalue weighted by Gasteiger charge is -2.13. The molecule has 1 aliphatic rings. The molecule has 6 nitrogen and oxygen atoms in total. The molecule has 2 amide bonds. The van der Waals surface area contributed by atoms with Gasteiger partial charge in [0.1, 0.15) is 0 Å². The number of rotatable bonds is 8. The van der Waals surface area contributed by atoms with Gasteiger partial charge in [-0.05, 0) is 44.5 Å². The van der Waals surface area contributed by atoms with E-state index in [-0.39, 0.29) is 11.8 Å². The predicted octanol–water partition coefficient (Wildman–Crippen LogP) is 3.55. The van der Waals surface area contributed by atoms with Crippen LogP contribution in [-0.2, 0) is 6.54 Å². The van der Waals surface area contributed by atoms with Gasteiger partial charge in [-0.2, -0.15) is 5.10 Å². The zero-order chi connectivity index (χ0) is 20.2. The molecule has 2 aromatic carbocycles. The summed E-state index contributed by atoms with van der Waals surface area (Å²) >= 11 is 0. The molecule has 2 heterocycles. The third-order valence-electron chi connectivity index (χ3n) is 5.20. The average molecular weight is 388 g/mol. The highest BCUT2D eigenvalue weighted by atomic mass is 16.2. The molecular weight excluding hydrogens is 364 g/mol. The molecular formula is C23H24N4O2. The molecule has 0 radical (unpaired) electrons. The van der Waals surface area contributed by atoms with E-state index >= 15 is 0 Å². The number of imide groups is 1. The number of hydrogen-bond acceptors (Lipinski definition) is 4. The minimum atomic E-state index is -0.181. The number of aryl methyl sites for hydroxylation is 1. The van der Waals surface area contributed by atoms with Crippen molar-refractivity contribution in [3.05, 3.63) is 77.0 Å². The van der Waals surface area contributed by atoms with Crippen molar-refractivity contribution >= 4 is 11.8 Å². The minimum absolute atomic E-state index is 0.181. The van der Waals surface area contributed by atoms with Gasteiger partial charge in [0.15, 0.2) is 0 Å². The van der Waals surface area contributed by atoms with E-state index < -0.39 is 0 Å². The first-order valence-electron chi connectivity index (χ1n) is 9.90. The number of aromatic nitrogens is 2. The molecule has 0 spiro atoms. The molecule has 0 aliphatic carbocycles. The van der Waals surface area contributed by atoms with Gasteiger partial charge >= 0.3 is 0 Å². The zero-order valence-electron chi connectivity index (χ0n) is 16.4. The van der Waals surface area contributed by atoms with Crippen LogP contribution in [0.1, 0.15) is 44.7 Å². The van der Waals surface area contributed by atoms with Crippen LogP contribution in [0.5, 0.6) is 0 Å². The lowest BCUT2D eigenvalue weighted by molar-refractivity contribution is 0.0651. The van der Waals surface area contributed by atoms with Crippen LogP contribution in [0.2, 0.25) is 0 Å². The van der Waals surface area contributed by atoms with Gasteiger partial charge in [-0.3, -0.25) is 19.6 Å². The molecule has 0 bridgehead atoms. The van der Waals surface area contributed by atoms with Crippen LogP contribution in [0.4, 0.5) is 0 Å². The van der Waals surface area contributed by atoms with Crippen LogP contribution in [0.3, 0.4) is 0 Å². The van der Waals surface area contributed by atoms with Gasteiger partial charge in [0.05, 0.1) is 23.0 Å².